The van der Waals surface area contributed by atoms with Gasteiger partial charge >= 0.3 is 0 Å². The Morgan fingerprint density at radius 2 is 1.86 bits per heavy atom. The molecule has 0 bridgehead atoms. The molecule has 0 aliphatic carbocycles. The molecule has 0 rings (SSSR count). The first-order valence-corrected chi connectivity index (χ1v) is 1.98. The second kappa shape index (κ2) is 2.92. The van der Waals surface area contributed by atoms with Crippen LogP contribution in [0.4, 0.5) is 0 Å². The minimum atomic E-state index is -1.11. The summed E-state index contributed by atoms with van der Waals surface area (Å²) in [5, 5.41) is 16.5. The highest BCUT2D eigenvalue weighted by atomic mass is 16.3. The zero-order valence-electron chi connectivity index (χ0n) is 3.91. The van der Waals surface area contributed by atoms with Gasteiger partial charge < -0.3 is 21.7 Å². The summed E-state index contributed by atoms with van der Waals surface area (Å²) in [5.74, 6) is 0. The fourth-order valence-corrected chi connectivity index (χ4v) is 0.108. The number of rotatable bonds is 2. The molecular formula is C3H10N2O2. The van der Waals surface area contributed by atoms with E-state index in [1.54, 1.807) is 0 Å². The van der Waals surface area contributed by atoms with Crippen LogP contribution >= 0.6 is 0 Å². The van der Waals surface area contributed by atoms with Crippen LogP contribution in [-0.4, -0.2) is 29.1 Å². The van der Waals surface area contributed by atoms with E-state index in [9.17, 15) is 0 Å². The summed E-state index contributed by atoms with van der Waals surface area (Å²) in [5.41, 5.74) is 9.81. The fraction of sp³-hybridized carbons (Fsp3) is 1.00. The van der Waals surface area contributed by atoms with Crippen LogP contribution in [-0.2, 0) is 0 Å². The highest BCUT2D eigenvalue weighted by Crippen LogP contribution is 1.75. The first kappa shape index (κ1) is 6.84. The molecule has 6 N–H and O–H groups in total. The predicted octanol–water partition coefficient (Wildman–Crippen LogP) is -2.42. The van der Waals surface area contributed by atoms with Crippen molar-refractivity contribution in [2.45, 2.75) is 12.3 Å². The third kappa shape index (κ3) is 2.52. The van der Waals surface area contributed by atoms with E-state index in [4.69, 9.17) is 21.7 Å². The molecule has 0 aromatic heterocycles. The van der Waals surface area contributed by atoms with Crippen molar-refractivity contribution in [3.63, 3.8) is 0 Å². The SMILES string of the molecule is NC(O)[C@@H](N)CO. The standard InChI is InChI=1S/C3H10N2O2/c4-2(1-6)3(5)7/h2-3,6-7H,1,4-5H2/t2-,3?/m0/s1. The Morgan fingerprint density at radius 1 is 1.43 bits per heavy atom. The molecule has 0 spiro atoms. The van der Waals surface area contributed by atoms with Gasteiger partial charge in [0.15, 0.2) is 0 Å². The maximum atomic E-state index is 8.31. The molecule has 0 fully saturated rings. The maximum absolute atomic E-state index is 8.31. The van der Waals surface area contributed by atoms with Crippen LogP contribution < -0.4 is 11.5 Å². The van der Waals surface area contributed by atoms with Gasteiger partial charge in [-0.3, -0.25) is 0 Å². The van der Waals surface area contributed by atoms with Crippen molar-refractivity contribution < 1.29 is 10.2 Å². The van der Waals surface area contributed by atoms with Gasteiger partial charge in [0.1, 0.15) is 6.23 Å². The monoisotopic (exact) mass is 106 g/mol. The Hall–Kier alpha value is -0.160. The van der Waals surface area contributed by atoms with Crippen molar-refractivity contribution in [2.24, 2.45) is 11.5 Å². The van der Waals surface area contributed by atoms with Gasteiger partial charge in [0.05, 0.1) is 12.6 Å². The normalized spacial score (nSPS) is 18.9. The summed E-state index contributed by atoms with van der Waals surface area (Å²) in [7, 11) is 0. The molecule has 0 radical (unpaired) electrons. The molecule has 44 valence electrons. The molecule has 0 aliphatic heterocycles. The van der Waals surface area contributed by atoms with Crippen molar-refractivity contribution in [3.8, 4) is 0 Å². The minimum Gasteiger partial charge on any atom is -0.395 e. The van der Waals surface area contributed by atoms with Crippen molar-refractivity contribution in [1.82, 2.24) is 0 Å². The van der Waals surface area contributed by atoms with Crippen molar-refractivity contribution in [2.75, 3.05) is 6.61 Å². The number of hydrogen-bond donors (Lipinski definition) is 4. The summed E-state index contributed by atoms with van der Waals surface area (Å²) in [4.78, 5) is 0. The molecule has 0 heterocycles. The van der Waals surface area contributed by atoms with Crippen LogP contribution in [0.3, 0.4) is 0 Å². The van der Waals surface area contributed by atoms with Crippen LogP contribution in [0.25, 0.3) is 0 Å². The Kier molecular flexibility index (Phi) is 2.86. The van der Waals surface area contributed by atoms with Crippen molar-refractivity contribution in [3.05, 3.63) is 0 Å². The molecule has 2 atom stereocenters. The van der Waals surface area contributed by atoms with Gasteiger partial charge in [-0.05, 0) is 0 Å². The van der Waals surface area contributed by atoms with Crippen LogP contribution in [0.15, 0.2) is 0 Å². The maximum Gasteiger partial charge on any atom is 0.119 e. The molecule has 0 aromatic carbocycles. The van der Waals surface area contributed by atoms with Gasteiger partial charge in [0.25, 0.3) is 0 Å². The molecule has 4 heteroatoms. The molecule has 0 saturated carbocycles. The van der Waals surface area contributed by atoms with Crippen LogP contribution in [0.5, 0.6) is 0 Å². The topological polar surface area (TPSA) is 92.5 Å². The molecule has 0 aliphatic rings. The van der Waals surface area contributed by atoms with Gasteiger partial charge in [-0.15, -0.1) is 0 Å². The fourth-order valence-electron chi connectivity index (χ4n) is 0.108. The number of hydrogen-bond acceptors (Lipinski definition) is 4. The molecule has 0 aromatic rings. The predicted molar refractivity (Wildman–Crippen MR) is 25.3 cm³/mol. The summed E-state index contributed by atoms with van der Waals surface area (Å²) in [6.45, 7) is -0.280. The lowest BCUT2D eigenvalue weighted by Crippen LogP contribution is -2.43. The van der Waals surface area contributed by atoms with Gasteiger partial charge in [-0.2, -0.15) is 0 Å². The number of aliphatic hydroxyl groups excluding tert-OH is 2. The van der Waals surface area contributed by atoms with E-state index in [2.05, 4.69) is 0 Å². The second-order valence-electron chi connectivity index (χ2n) is 1.34. The Balaban J connectivity index is 3.14. The lowest BCUT2D eigenvalue weighted by molar-refractivity contribution is 0.114. The Morgan fingerprint density at radius 3 is 1.86 bits per heavy atom. The second-order valence-corrected chi connectivity index (χ2v) is 1.34. The summed E-state index contributed by atoms with van der Waals surface area (Å²) in [6, 6.07) is -0.708. The van der Waals surface area contributed by atoms with E-state index in [0.717, 1.165) is 0 Å². The van der Waals surface area contributed by atoms with Gasteiger partial charge in [0, 0.05) is 0 Å². The van der Waals surface area contributed by atoms with E-state index >= 15 is 0 Å². The lowest BCUT2D eigenvalue weighted by atomic mass is 10.3. The average molecular weight is 106 g/mol. The van der Waals surface area contributed by atoms with Crippen LogP contribution in [0.1, 0.15) is 0 Å². The smallest absolute Gasteiger partial charge is 0.119 e. The van der Waals surface area contributed by atoms with E-state index in [-0.39, 0.29) is 6.61 Å². The third-order valence-electron chi connectivity index (χ3n) is 0.649. The number of nitrogens with two attached hydrogens (primary N) is 2. The van der Waals surface area contributed by atoms with Crippen LogP contribution in [0, 0.1) is 0 Å². The largest absolute Gasteiger partial charge is 0.395 e. The molecule has 1 unspecified atom stereocenters. The Labute approximate surface area is 41.7 Å². The summed E-state index contributed by atoms with van der Waals surface area (Å²) < 4.78 is 0. The highest BCUT2D eigenvalue weighted by molar-refractivity contribution is 4.62. The summed E-state index contributed by atoms with van der Waals surface area (Å²) >= 11 is 0. The van der Waals surface area contributed by atoms with E-state index in [0.29, 0.717) is 0 Å². The van der Waals surface area contributed by atoms with Gasteiger partial charge in [-0.25, -0.2) is 0 Å². The first-order chi connectivity index (χ1) is 3.18. The highest BCUT2D eigenvalue weighted by Gasteiger charge is 2.05. The zero-order valence-corrected chi connectivity index (χ0v) is 3.91. The molecule has 0 amide bonds. The van der Waals surface area contributed by atoms with E-state index < -0.39 is 12.3 Å². The van der Waals surface area contributed by atoms with Crippen molar-refractivity contribution >= 4 is 0 Å². The number of aliphatic hydroxyl groups is 2. The lowest BCUT2D eigenvalue weighted by Gasteiger charge is -2.09. The van der Waals surface area contributed by atoms with Gasteiger partial charge in [0.2, 0.25) is 0 Å². The van der Waals surface area contributed by atoms with E-state index in [1.165, 1.54) is 0 Å². The third-order valence-corrected chi connectivity index (χ3v) is 0.649. The first-order valence-electron chi connectivity index (χ1n) is 1.98. The average Bonchev–Trinajstić information content (AvgIpc) is 1.65. The van der Waals surface area contributed by atoms with Gasteiger partial charge in [-0.1, -0.05) is 0 Å². The summed E-state index contributed by atoms with van der Waals surface area (Å²) in [6.07, 6.45) is -1.11. The van der Waals surface area contributed by atoms with Crippen LogP contribution in [0.2, 0.25) is 0 Å². The molecule has 4 nitrogen and oxygen atoms in total. The van der Waals surface area contributed by atoms with E-state index in [1.807, 2.05) is 0 Å². The zero-order chi connectivity index (χ0) is 5.86. The molecular weight excluding hydrogens is 96.0 g/mol. The quantitative estimate of drug-likeness (QED) is 0.295. The molecule has 0 saturated heterocycles. The molecule has 7 heavy (non-hydrogen) atoms. The van der Waals surface area contributed by atoms with Crippen molar-refractivity contribution in [1.29, 1.82) is 0 Å². The Bertz CT molecular complexity index is 48.2. The minimum absolute atomic E-state index is 0.280.